The third kappa shape index (κ3) is 2.69. The first-order chi connectivity index (χ1) is 8.38. The number of hydrogen-bond donors (Lipinski definition) is 2. The lowest BCUT2D eigenvalue weighted by atomic mass is 10.1. The molecule has 1 aliphatic rings. The Hall–Kier alpha value is -1.43. The number of benzene rings is 1. The van der Waals surface area contributed by atoms with E-state index in [4.69, 9.17) is 10.5 Å². The molecule has 1 aromatic carbocycles. The van der Waals surface area contributed by atoms with Crippen LogP contribution < -0.4 is 11.1 Å². The average Bonchev–Trinajstić information content (AvgIpc) is 2.66. The van der Waals surface area contributed by atoms with Crippen LogP contribution >= 0.6 is 0 Å². The van der Waals surface area contributed by atoms with Crippen molar-refractivity contribution in [1.82, 2.24) is 0 Å². The lowest BCUT2D eigenvalue weighted by molar-refractivity contribution is -0.137. The van der Waals surface area contributed by atoms with Crippen LogP contribution in [0.2, 0.25) is 0 Å². The molecule has 1 aliphatic heterocycles. The van der Waals surface area contributed by atoms with E-state index in [1.807, 2.05) is 6.92 Å². The Morgan fingerprint density at radius 3 is 2.61 bits per heavy atom. The fraction of sp³-hybridized carbons (Fsp3) is 0.500. The maximum atomic E-state index is 12.5. The number of alkyl halides is 3. The van der Waals surface area contributed by atoms with Crippen LogP contribution in [0.3, 0.4) is 0 Å². The topological polar surface area (TPSA) is 47.3 Å². The molecule has 3 nitrogen and oxygen atoms in total. The largest absolute Gasteiger partial charge is 0.416 e. The van der Waals surface area contributed by atoms with Crippen LogP contribution in [0.1, 0.15) is 18.9 Å². The van der Waals surface area contributed by atoms with Crippen LogP contribution in [0, 0.1) is 0 Å². The Balaban J connectivity index is 2.15. The second-order valence-electron chi connectivity index (χ2n) is 4.42. The lowest BCUT2D eigenvalue weighted by Crippen LogP contribution is -2.27. The first kappa shape index (κ1) is 13.0. The van der Waals surface area contributed by atoms with Gasteiger partial charge in [0.25, 0.3) is 0 Å². The molecule has 2 unspecified atom stereocenters. The zero-order chi connectivity index (χ0) is 13.3. The zero-order valence-corrected chi connectivity index (χ0v) is 9.92. The van der Waals surface area contributed by atoms with Crippen molar-refractivity contribution in [3.63, 3.8) is 0 Å². The van der Waals surface area contributed by atoms with Crippen molar-refractivity contribution in [3.05, 3.63) is 23.8 Å². The summed E-state index contributed by atoms with van der Waals surface area (Å²) in [7, 11) is 0. The molecule has 2 rings (SSSR count). The molecular weight excluding hydrogens is 245 g/mol. The van der Waals surface area contributed by atoms with E-state index in [9.17, 15) is 13.2 Å². The molecule has 0 radical (unpaired) electrons. The molecule has 1 saturated heterocycles. The van der Waals surface area contributed by atoms with Gasteiger partial charge >= 0.3 is 6.18 Å². The van der Waals surface area contributed by atoms with Crippen LogP contribution in [0.15, 0.2) is 18.2 Å². The van der Waals surface area contributed by atoms with Gasteiger partial charge in [0.1, 0.15) is 0 Å². The molecule has 0 saturated carbocycles. The van der Waals surface area contributed by atoms with Gasteiger partial charge < -0.3 is 15.8 Å². The van der Waals surface area contributed by atoms with Gasteiger partial charge in [-0.05, 0) is 31.5 Å². The van der Waals surface area contributed by atoms with E-state index in [-0.39, 0.29) is 17.8 Å². The second kappa shape index (κ2) is 4.68. The van der Waals surface area contributed by atoms with E-state index in [1.165, 1.54) is 6.07 Å². The van der Waals surface area contributed by atoms with Crippen LogP contribution in [-0.4, -0.2) is 18.8 Å². The van der Waals surface area contributed by atoms with Crippen LogP contribution in [0.25, 0.3) is 0 Å². The molecule has 1 aromatic rings. The summed E-state index contributed by atoms with van der Waals surface area (Å²) in [5, 5.41) is 3.12. The first-order valence-corrected chi connectivity index (χ1v) is 5.73. The fourth-order valence-corrected chi connectivity index (χ4v) is 1.99. The molecule has 2 atom stereocenters. The van der Waals surface area contributed by atoms with Gasteiger partial charge in [0.15, 0.2) is 0 Å². The third-order valence-electron chi connectivity index (χ3n) is 3.10. The Morgan fingerprint density at radius 1 is 1.39 bits per heavy atom. The predicted octanol–water partition coefficient (Wildman–Crippen LogP) is 2.88. The van der Waals surface area contributed by atoms with Crippen molar-refractivity contribution in [3.8, 4) is 0 Å². The number of anilines is 2. The van der Waals surface area contributed by atoms with Gasteiger partial charge in [0.2, 0.25) is 0 Å². The highest BCUT2D eigenvalue weighted by Gasteiger charge is 2.31. The van der Waals surface area contributed by atoms with Gasteiger partial charge in [-0.25, -0.2) is 0 Å². The standard InChI is InChI=1S/C12H15F3N2O/c1-7-10(4-5-18-7)17-11-3-2-8(6-9(11)16)12(13,14)15/h2-3,6-7,10,17H,4-5,16H2,1H3. The Morgan fingerprint density at radius 2 is 2.11 bits per heavy atom. The minimum atomic E-state index is -4.36. The minimum absolute atomic E-state index is 0.0340. The van der Waals surface area contributed by atoms with Crippen molar-refractivity contribution in [2.24, 2.45) is 0 Å². The highest BCUT2D eigenvalue weighted by molar-refractivity contribution is 5.67. The molecule has 3 N–H and O–H groups in total. The van der Waals surface area contributed by atoms with Crippen molar-refractivity contribution in [2.75, 3.05) is 17.7 Å². The molecule has 6 heteroatoms. The normalized spacial score (nSPS) is 24.2. The highest BCUT2D eigenvalue weighted by Crippen LogP contribution is 2.33. The van der Waals surface area contributed by atoms with Crippen molar-refractivity contribution >= 4 is 11.4 Å². The first-order valence-electron chi connectivity index (χ1n) is 5.73. The van der Waals surface area contributed by atoms with Gasteiger partial charge in [0.05, 0.1) is 29.1 Å². The number of rotatable bonds is 2. The number of hydrogen-bond acceptors (Lipinski definition) is 3. The predicted molar refractivity (Wildman–Crippen MR) is 63.3 cm³/mol. The number of nitrogens with two attached hydrogens (primary N) is 1. The number of ether oxygens (including phenoxy) is 1. The van der Waals surface area contributed by atoms with Gasteiger partial charge in [-0.15, -0.1) is 0 Å². The van der Waals surface area contributed by atoms with E-state index < -0.39 is 11.7 Å². The summed E-state index contributed by atoms with van der Waals surface area (Å²) < 4.78 is 42.8. The maximum Gasteiger partial charge on any atom is 0.416 e. The molecule has 0 aliphatic carbocycles. The number of nitrogens with one attached hydrogen (secondary N) is 1. The second-order valence-corrected chi connectivity index (χ2v) is 4.42. The fourth-order valence-electron chi connectivity index (χ4n) is 1.99. The van der Waals surface area contributed by atoms with E-state index in [0.29, 0.717) is 12.3 Å². The van der Waals surface area contributed by atoms with E-state index >= 15 is 0 Å². The molecule has 0 spiro atoms. The Bertz CT molecular complexity index is 434. The molecule has 0 amide bonds. The maximum absolute atomic E-state index is 12.5. The summed E-state index contributed by atoms with van der Waals surface area (Å²) in [6.07, 6.45) is -3.51. The lowest BCUT2D eigenvalue weighted by Gasteiger charge is -2.19. The highest BCUT2D eigenvalue weighted by atomic mass is 19.4. The summed E-state index contributed by atoms with van der Waals surface area (Å²) in [5.74, 6) is 0. The van der Waals surface area contributed by atoms with E-state index in [2.05, 4.69) is 5.32 Å². The number of halogens is 3. The molecule has 100 valence electrons. The quantitative estimate of drug-likeness (QED) is 0.804. The number of nitrogen functional groups attached to an aromatic ring is 1. The summed E-state index contributed by atoms with van der Waals surface area (Å²) in [6, 6.07) is 3.43. The van der Waals surface area contributed by atoms with E-state index in [0.717, 1.165) is 18.6 Å². The van der Waals surface area contributed by atoms with Crippen LogP contribution in [-0.2, 0) is 10.9 Å². The van der Waals surface area contributed by atoms with Crippen LogP contribution in [0.5, 0.6) is 0 Å². The smallest absolute Gasteiger partial charge is 0.397 e. The molecule has 1 heterocycles. The van der Waals surface area contributed by atoms with Gasteiger partial charge in [-0.3, -0.25) is 0 Å². The van der Waals surface area contributed by atoms with Gasteiger partial charge in [0, 0.05) is 6.61 Å². The van der Waals surface area contributed by atoms with Gasteiger partial charge in [-0.1, -0.05) is 0 Å². The van der Waals surface area contributed by atoms with Gasteiger partial charge in [-0.2, -0.15) is 13.2 Å². The molecule has 0 bridgehead atoms. The molecule has 0 aromatic heterocycles. The Labute approximate surface area is 103 Å². The molecule has 1 fully saturated rings. The van der Waals surface area contributed by atoms with Crippen molar-refractivity contribution in [1.29, 1.82) is 0 Å². The summed E-state index contributed by atoms with van der Waals surface area (Å²) >= 11 is 0. The van der Waals surface area contributed by atoms with Crippen molar-refractivity contribution < 1.29 is 17.9 Å². The van der Waals surface area contributed by atoms with E-state index in [1.54, 1.807) is 0 Å². The zero-order valence-electron chi connectivity index (χ0n) is 9.92. The molecular formula is C12H15F3N2O. The molecule has 18 heavy (non-hydrogen) atoms. The minimum Gasteiger partial charge on any atom is -0.397 e. The van der Waals surface area contributed by atoms with Crippen molar-refractivity contribution in [2.45, 2.75) is 31.7 Å². The Kier molecular flexibility index (Phi) is 3.38. The monoisotopic (exact) mass is 260 g/mol. The summed E-state index contributed by atoms with van der Waals surface area (Å²) in [4.78, 5) is 0. The SMILES string of the molecule is CC1OCCC1Nc1ccc(C(F)(F)F)cc1N. The third-order valence-corrected chi connectivity index (χ3v) is 3.10. The average molecular weight is 260 g/mol. The van der Waals surface area contributed by atoms with Crippen LogP contribution in [0.4, 0.5) is 24.5 Å². The summed E-state index contributed by atoms with van der Waals surface area (Å²) in [6.45, 7) is 2.57. The summed E-state index contributed by atoms with van der Waals surface area (Å²) in [5.41, 5.74) is 5.52.